The van der Waals surface area contributed by atoms with Crippen LogP contribution in [-0.4, -0.2) is 35.1 Å². The van der Waals surface area contributed by atoms with Crippen molar-refractivity contribution in [2.24, 2.45) is 0 Å². The zero-order valence-corrected chi connectivity index (χ0v) is 13.0. The van der Waals surface area contributed by atoms with E-state index in [1.165, 1.54) is 11.1 Å². The first-order valence-corrected chi connectivity index (χ1v) is 7.54. The molecule has 0 aromatic heterocycles. The summed E-state index contributed by atoms with van der Waals surface area (Å²) in [6, 6.07) is 6.36. The molecule has 1 aliphatic carbocycles. The number of aliphatic carboxylic acids is 1. The van der Waals surface area contributed by atoms with E-state index in [9.17, 15) is 9.90 Å². The molecule has 0 spiro atoms. The average Bonchev–Trinajstić information content (AvgIpc) is 2.38. The Balaban J connectivity index is 2.13. The monoisotopic (exact) mass is 325 g/mol. The molecule has 4 heteroatoms. The van der Waals surface area contributed by atoms with Crippen LogP contribution >= 0.6 is 15.9 Å². The Labute approximate surface area is 122 Å². The number of rotatable bonds is 4. The molecule has 0 bridgehead atoms. The molecule has 19 heavy (non-hydrogen) atoms. The summed E-state index contributed by atoms with van der Waals surface area (Å²) >= 11 is 3.50. The molecule has 1 aromatic rings. The lowest BCUT2D eigenvalue weighted by molar-refractivity contribution is -0.143. The van der Waals surface area contributed by atoms with Crippen molar-refractivity contribution in [3.8, 4) is 0 Å². The van der Waals surface area contributed by atoms with Crippen LogP contribution in [0.4, 0.5) is 0 Å². The van der Waals surface area contributed by atoms with Crippen LogP contribution < -0.4 is 0 Å². The summed E-state index contributed by atoms with van der Waals surface area (Å²) in [5.74, 6) is -0.716. The summed E-state index contributed by atoms with van der Waals surface area (Å²) in [4.78, 5) is 13.3. The highest BCUT2D eigenvalue weighted by molar-refractivity contribution is 9.10. The third-order valence-corrected chi connectivity index (χ3v) is 4.60. The van der Waals surface area contributed by atoms with Gasteiger partial charge in [0.1, 0.15) is 6.04 Å². The molecule has 0 radical (unpaired) electrons. The van der Waals surface area contributed by atoms with Gasteiger partial charge in [0.25, 0.3) is 0 Å². The van der Waals surface area contributed by atoms with Gasteiger partial charge in [0.2, 0.25) is 0 Å². The smallest absolute Gasteiger partial charge is 0.320 e. The molecule has 0 saturated carbocycles. The first-order chi connectivity index (χ1) is 9.02. The van der Waals surface area contributed by atoms with E-state index in [0.717, 1.165) is 23.7 Å². The van der Waals surface area contributed by atoms with Crippen molar-refractivity contribution in [2.45, 2.75) is 44.7 Å². The van der Waals surface area contributed by atoms with Crippen molar-refractivity contribution in [3.63, 3.8) is 0 Å². The predicted octanol–water partition coefficient (Wildman–Crippen LogP) is 3.10. The maximum Gasteiger partial charge on any atom is 0.320 e. The highest BCUT2D eigenvalue weighted by Gasteiger charge is 2.29. The largest absolute Gasteiger partial charge is 0.480 e. The number of carboxylic acids is 1. The molecule has 2 rings (SSSR count). The van der Waals surface area contributed by atoms with Crippen LogP contribution in [0.15, 0.2) is 22.7 Å². The number of nitrogens with zero attached hydrogens (tertiary/aromatic N) is 1. The molecule has 3 nitrogen and oxygen atoms in total. The van der Waals surface area contributed by atoms with Gasteiger partial charge in [0.05, 0.1) is 0 Å². The Morgan fingerprint density at radius 2 is 2.26 bits per heavy atom. The molecule has 0 aliphatic heterocycles. The number of hydrogen-bond acceptors (Lipinski definition) is 2. The quantitative estimate of drug-likeness (QED) is 0.924. The van der Waals surface area contributed by atoms with E-state index in [1.54, 1.807) is 0 Å². The van der Waals surface area contributed by atoms with Gasteiger partial charge in [-0.1, -0.05) is 28.9 Å². The van der Waals surface area contributed by atoms with Crippen molar-refractivity contribution in [1.82, 2.24) is 4.90 Å². The third-order valence-electron chi connectivity index (χ3n) is 4.11. The van der Waals surface area contributed by atoms with Crippen molar-refractivity contribution in [3.05, 3.63) is 33.8 Å². The summed E-state index contributed by atoms with van der Waals surface area (Å²) in [5, 5.41) is 9.26. The molecule has 0 heterocycles. The van der Waals surface area contributed by atoms with Crippen LogP contribution in [0.5, 0.6) is 0 Å². The van der Waals surface area contributed by atoms with Gasteiger partial charge >= 0.3 is 5.97 Å². The molecule has 0 saturated heterocycles. The highest BCUT2D eigenvalue weighted by atomic mass is 79.9. The second-order valence-corrected chi connectivity index (χ2v) is 6.15. The van der Waals surface area contributed by atoms with Crippen LogP contribution in [-0.2, 0) is 17.6 Å². The van der Waals surface area contributed by atoms with Crippen molar-refractivity contribution in [1.29, 1.82) is 0 Å². The number of benzene rings is 1. The fourth-order valence-corrected chi connectivity index (χ4v) is 3.35. The molecule has 1 N–H and O–H groups in total. The molecular weight excluding hydrogens is 306 g/mol. The molecule has 104 valence electrons. The van der Waals surface area contributed by atoms with E-state index in [1.807, 2.05) is 18.9 Å². The third kappa shape index (κ3) is 3.18. The Kier molecular flexibility index (Phi) is 4.63. The molecule has 0 fully saturated rings. The minimum absolute atomic E-state index is 0.328. The zero-order chi connectivity index (χ0) is 14.0. The van der Waals surface area contributed by atoms with Crippen LogP contribution in [0.25, 0.3) is 0 Å². The highest BCUT2D eigenvalue weighted by Crippen LogP contribution is 2.27. The maximum absolute atomic E-state index is 11.3. The zero-order valence-electron chi connectivity index (χ0n) is 11.4. The number of hydrogen-bond donors (Lipinski definition) is 1. The number of fused-ring (bicyclic) bond motifs is 1. The fourth-order valence-electron chi connectivity index (χ4n) is 2.94. The van der Waals surface area contributed by atoms with E-state index < -0.39 is 5.97 Å². The normalized spacial score (nSPS) is 20.1. The lowest BCUT2D eigenvalue weighted by Crippen LogP contribution is -2.46. The van der Waals surface area contributed by atoms with E-state index in [2.05, 4.69) is 34.1 Å². The predicted molar refractivity (Wildman–Crippen MR) is 79.4 cm³/mol. The van der Waals surface area contributed by atoms with Gasteiger partial charge in [0.15, 0.2) is 0 Å². The summed E-state index contributed by atoms with van der Waals surface area (Å²) in [5.41, 5.74) is 2.74. The van der Waals surface area contributed by atoms with Gasteiger partial charge in [-0.3, -0.25) is 9.69 Å². The molecule has 2 atom stereocenters. The first kappa shape index (κ1) is 14.5. The Hall–Kier alpha value is -0.870. The molecular formula is C15H20BrNO2. The fraction of sp³-hybridized carbons (Fsp3) is 0.533. The molecule has 1 aromatic carbocycles. The van der Waals surface area contributed by atoms with E-state index in [4.69, 9.17) is 0 Å². The van der Waals surface area contributed by atoms with E-state index in [0.29, 0.717) is 12.5 Å². The van der Waals surface area contributed by atoms with Crippen LogP contribution in [0.3, 0.4) is 0 Å². The Bertz CT molecular complexity index is 475. The minimum atomic E-state index is -0.716. The van der Waals surface area contributed by atoms with Gasteiger partial charge < -0.3 is 5.11 Å². The summed E-state index contributed by atoms with van der Waals surface area (Å²) in [6.45, 7) is 1.93. The molecule has 0 amide bonds. The number of halogens is 1. The lowest BCUT2D eigenvalue weighted by Gasteiger charge is -2.35. The summed E-state index contributed by atoms with van der Waals surface area (Å²) in [7, 11) is 1.94. The number of carbonyl (C=O) groups is 1. The minimum Gasteiger partial charge on any atom is -0.480 e. The maximum atomic E-state index is 11.3. The van der Waals surface area contributed by atoms with Crippen LogP contribution in [0.2, 0.25) is 0 Å². The van der Waals surface area contributed by atoms with Gasteiger partial charge in [-0.2, -0.15) is 0 Å². The van der Waals surface area contributed by atoms with Crippen molar-refractivity contribution >= 4 is 21.9 Å². The second kappa shape index (κ2) is 6.06. The molecule has 2 unspecified atom stereocenters. The Morgan fingerprint density at radius 3 is 2.89 bits per heavy atom. The Morgan fingerprint density at radius 1 is 1.53 bits per heavy atom. The molecule has 1 aliphatic rings. The average molecular weight is 326 g/mol. The van der Waals surface area contributed by atoms with Crippen molar-refractivity contribution in [2.75, 3.05) is 7.05 Å². The number of aryl methyl sites for hydroxylation is 1. The van der Waals surface area contributed by atoms with Crippen molar-refractivity contribution < 1.29 is 9.90 Å². The standard InChI is InChI=1S/C15H20BrNO2/c1-3-14(15(18)19)17(2)13-7-5-10-8-12(16)6-4-11(10)9-13/h4,6,8,13-14H,3,5,7,9H2,1-2H3,(H,18,19). The van der Waals surface area contributed by atoms with Crippen LogP contribution in [0.1, 0.15) is 30.9 Å². The number of carboxylic acid groups (broad SMARTS) is 1. The summed E-state index contributed by atoms with van der Waals surface area (Å²) < 4.78 is 1.12. The SMILES string of the molecule is CCC(C(=O)O)N(C)C1CCc2cc(Br)ccc2C1. The van der Waals surface area contributed by atoms with Gasteiger partial charge in [-0.15, -0.1) is 0 Å². The summed E-state index contributed by atoms with van der Waals surface area (Å²) in [6.07, 6.45) is 3.65. The lowest BCUT2D eigenvalue weighted by atomic mass is 9.87. The van der Waals surface area contributed by atoms with Gasteiger partial charge in [-0.05, 0) is 56.0 Å². The second-order valence-electron chi connectivity index (χ2n) is 5.24. The van der Waals surface area contributed by atoms with Crippen LogP contribution in [0, 0.1) is 0 Å². The van der Waals surface area contributed by atoms with E-state index in [-0.39, 0.29) is 6.04 Å². The van der Waals surface area contributed by atoms with Gasteiger partial charge in [0, 0.05) is 10.5 Å². The van der Waals surface area contributed by atoms with Gasteiger partial charge in [-0.25, -0.2) is 0 Å². The number of likely N-dealkylation sites (N-methyl/N-ethyl adjacent to an activating group) is 1. The first-order valence-electron chi connectivity index (χ1n) is 6.75. The topological polar surface area (TPSA) is 40.5 Å². The van der Waals surface area contributed by atoms with E-state index >= 15 is 0 Å².